The van der Waals surface area contributed by atoms with E-state index in [1.165, 1.54) is 12.8 Å². The van der Waals surface area contributed by atoms with Crippen molar-refractivity contribution in [3.8, 4) is 0 Å². The zero-order chi connectivity index (χ0) is 6.27. The van der Waals surface area contributed by atoms with Crippen LogP contribution in [0.5, 0.6) is 0 Å². The summed E-state index contributed by atoms with van der Waals surface area (Å²) in [5.41, 5.74) is 0. The molecule has 0 aliphatic heterocycles. The van der Waals surface area contributed by atoms with E-state index >= 15 is 0 Å². The van der Waals surface area contributed by atoms with E-state index in [1.54, 1.807) is 6.33 Å². The Morgan fingerprint density at radius 3 is 2.89 bits per heavy atom. The third kappa shape index (κ3) is 0.724. The smallest absolute Gasteiger partial charge is 0.138 e. The topological polar surface area (TPSA) is 30.7 Å². The van der Waals surface area contributed by atoms with Crippen molar-refractivity contribution in [2.24, 2.45) is 7.05 Å². The highest BCUT2D eigenvalue weighted by molar-refractivity contribution is 5.03. The van der Waals surface area contributed by atoms with E-state index in [-0.39, 0.29) is 0 Å². The Morgan fingerprint density at radius 1 is 1.67 bits per heavy atom. The fraction of sp³-hybridized carbons (Fsp3) is 0.667. The van der Waals surface area contributed by atoms with Crippen molar-refractivity contribution < 1.29 is 0 Å². The van der Waals surface area contributed by atoms with Crippen molar-refractivity contribution in [1.82, 2.24) is 14.8 Å². The molecule has 3 heteroatoms. The average molecular weight is 123 g/mol. The Kier molecular flexibility index (Phi) is 0.860. The maximum absolute atomic E-state index is 4.13. The van der Waals surface area contributed by atoms with Crippen molar-refractivity contribution in [2.45, 2.75) is 18.8 Å². The molecule has 0 radical (unpaired) electrons. The van der Waals surface area contributed by atoms with Crippen LogP contribution >= 0.6 is 0 Å². The molecule has 48 valence electrons. The maximum atomic E-state index is 4.13. The number of nitrogens with zero attached hydrogens (tertiary/aromatic N) is 3. The van der Waals surface area contributed by atoms with Gasteiger partial charge in [-0.3, -0.25) is 4.68 Å². The summed E-state index contributed by atoms with van der Waals surface area (Å²) in [5.74, 6) is 1.87. The minimum Gasteiger partial charge on any atom is -0.253 e. The first-order chi connectivity index (χ1) is 4.38. The van der Waals surface area contributed by atoms with Crippen molar-refractivity contribution in [3.63, 3.8) is 0 Å². The van der Waals surface area contributed by atoms with Crippen LogP contribution in [-0.4, -0.2) is 14.8 Å². The SMILES string of the molecule is Cn1ncnc1C1CC1. The highest BCUT2D eigenvalue weighted by atomic mass is 15.3. The van der Waals surface area contributed by atoms with Crippen molar-refractivity contribution in [3.05, 3.63) is 12.2 Å². The van der Waals surface area contributed by atoms with Gasteiger partial charge in [-0.1, -0.05) is 0 Å². The van der Waals surface area contributed by atoms with Crippen LogP contribution in [-0.2, 0) is 7.05 Å². The second-order valence-corrected chi connectivity index (χ2v) is 2.52. The first-order valence-electron chi connectivity index (χ1n) is 3.22. The lowest BCUT2D eigenvalue weighted by molar-refractivity contribution is 0.704. The number of hydrogen-bond donors (Lipinski definition) is 0. The summed E-state index contributed by atoms with van der Waals surface area (Å²) < 4.78 is 1.86. The zero-order valence-electron chi connectivity index (χ0n) is 5.41. The van der Waals surface area contributed by atoms with Crippen LogP contribution in [0.3, 0.4) is 0 Å². The summed E-state index contributed by atoms with van der Waals surface area (Å²) in [6.07, 6.45) is 4.22. The van der Waals surface area contributed by atoms with E-state index < -0.39 is 0 Å². The molecule has 0 spiro atoms. The lowest BCUT2D eigenvalue weighted by Gasteiger charge is -1.92. The van der Waals surface area contributed by atoms with Gasteiger partial charge in [-0.2, -0.15) is 5.10 Å². The van der Waals surface area contributed by atoms with Crippen LogP contribution in [0.25, 0.3) is 0 Å². The van der Waals surface area contributed by atoms with Gasteiger partial charge in [0.15, 0.2) is 0 Å². The summed E-state index contributed by atoms with van der Waals surface area (Å²) >= 11 is 0. The molecule has 3 nitrogen and oxygen atoms in total. The Bertz CT molecular complexity index is 212. The van der Waals surface area contributed by atoms with Crippen LogP contribution in [0.2, 0.25) is 0 Å². The molecule has 1 aliphatic rings. The summed E-state index contributed by atoms with van der Waals surface area (Å²) in [4.78, 5) is 4.13. The predicted molar refractivity (Wildman–Crippen MR) is 33.0 cm³/mol. The molecule has 0 aromatic carbocycles. The largest absolute Gasteiger partial charge is 0.253 e. The summed E-state index contributed by atoms with van der Waals surface area (Å²) in [5, 5.41) is 3.98. The molecular weight excluding hydrogens is 114 g/mol. The average Bonchev–Trinajstić information content (AvgIpc) is 2.58. The van der Waals surface area contributed by atoms with E-state index in [1.807, 2.05) is 11.7 Å². The molecule has 1 aromatic rings. The molecule has 1 heterocycles. The van der Waals surface area contributed by atoms with Crippen LogP contribution in [0.15, 0.2) is 6.33 Å². The Balaban J connectivity index is 2.35. The fourth-order valence-electron chi connectivity index (χ4n) is 1.02. The lowest BCUT2D eigenvalue weighted by atomic mass is 10.4. The molecule has 9 heavy (non-hydrogen) atoms. The van der Waals surface area contributed by atoms with Crippen LogP contribution in [0.1, 0.15) is 24.6 Å². The minimum atomic E-state index is 0.720. The van der Waals surface area contributed by atoms with E-state index in [2.05, 4.69) is 10.1 Å². The van der Waals surface area contributed by atoms with Crippen molar-refractivity contribution in [1.29, 1.82) is 0 Å². The second-order valence-electron chi connectivity index (χ2n) is 2.52. The molecule has 1 aromatic heterocycles. The summed E-state index contributed by atoms with van der Waals surface area (Å²) in [7, 11) is 1.95. The summed E-state index contributed by atoms with van der Waals surface area (Å²) in [6, 6.07) is 0. The molecule has 0 N–H and O–H groups in total. The minimum absolute atomic E-state index is 0.720. The normalized spacial score (nSPS) is 18.3. The van der Waals surface area contributed by atoms with Crippen molar-refractivity contribution >= 4 is 0 Å². The highest BCUT2D eigenvalue weighted by Gasteiger charge is 2.27. The number of hydrogen-bond acceptors (Lipinski definition) is 2. The molecule has 0 saturated heterocycles. The van der Waals surface area contributed by atoms with Crippen molar-refractivity contribution in [2.75, 3.05) is 0 Å². The molecule has 2 rings (SSSR count). The number of aromatic nitrogens is 3. The Labute approximate surface area is 53.7 Å². The monoisotopic (exact) mass is 123 g/mol. The maximum Gasteiger partial charge on any atom is 0.138 e. The quantitative estimate of drug-likeness (QED) is 0.550. The van der Waals surface area contributed by atoms with Crippen LogP contribution in [0.4, 0.5) is 0 Å². The van der Waals surface area contributed by atoms with E-state index in [4.69, 9.17) is 0 Å². The first-order valence-corrected chi connectivity index (χ1v) is 3.22. The van der Waals surface area contributed by atoms with Gasteiger partial charge in [0.25, 0.3) is 0 Å². The molecule has 1 fully saturated rings. The standard InChI is InChI=1S/C6H9N3/c1-9-6(5-2-3-5)7-4-8-9/h4-5H,2-3H2,1H3. The predicted octanol–water partition coefficient (Wildman–Crippen LogP) is 0.693. The zero-order valence-corrected chi connectivity index (χ0v) is 5.41. The third-order valence-electron chi connectivity index (χ3n) is 1.69. The van der Waals surface area contributed by atoms with Gasteiger partial charge in [-0.25, -0.2) is 4.98 Å². The van der Waals surface area contributed by atoms with Crippen LogP contribution in [0, 0.1) is 0 Å². The van der Waals surface area contributed by atoms with Gasteiger partial charge in [0.1, 0.15) is 12.2 Å². The summed E-state index contributed by atoms with van der Waals surface area (Å²) in [6.45, 7) is 0. The van der Waals surface area contributed by atoms with Gasteiger partial charge in [0.05, 0.1) is 0 Å². The van der Waals surface area contributed by atoms with E-state index in [0.29, 0.717) is 0 Å². The van der Waals surface area contributed by atoms with Gasteiger partial charge < -0.3 is 0 Å². The number of aryl methyl sites for hydroxylation is 1. The molecule has 0 unspecified atom stereocenters. The van der Waals surface area contributed by atoms with E-state index in [0.717, 1.165) is 11.7 Å². The van der Waals surface area contributed by atoms with Gasteiger partial charge in [0, 0.05) is 13.0 Å². The van der Waals surface area contributed by atoms with Gasteiger partial charge in [-0.15, -0.1) is 0 Å². The number of rotatable bonds is 1. The Morgan fingerprint density at radius 2 is 2.44 bits per heavy atom. The van der Waals surface area contributed by atoms with Gasteiger partial charge >= 0.3 is 0 Å². The first kappa shape index (κ1) is 4.97. The van der Waals surface area contributed by atoms with Crippen LogP contribution < -0.4 is 0 Å². The van der Waals surface area contributed by atoms with Gasteiger partial charge in [0.2, 0.25) is 0 Å². The molecule has 1 saturated carbocycles. The molecule has 0 amide bonds. The lowest BCUT2D eigenvalue weighted by Crippen LogP contribution is -1.96. The molecular formula is C6H9N3. The Hall–Kier alpha value is -0.860. The third-order valence-corrected chi connectivity index (χ3v) is 1.69. The molecule has 0 atom stereocenters. The molecule has 0 bridgehead atoms. The van der Waals surface area contributed by atoms with Gasteiger partial charge in [-0.05, 0) is 12.8 Å². The second kappa shape index (κ2) is 1.56. The van der Waals surface area contributed by atoms with E-state index in [9.17, 15) is 0 Å². The highest BCUT2D eigenvalue weighted by Crippen LogP contribution is 2.38. The molecule has 1 aliphatic carbocycles. The fourth-order valence-corrected chi connectivity index (χ4v) is 1.02.